The summed E-state index contributed by atoms with van der Waals surface area (Å²) < 4.78 is 13.2. The minimum atomic E-state index is -0.148. The molecule has 1 aliphatic carbocycles. The lowest BCUT2D eigenvalue weighted by atomic mass is 9.68. The van der Waals surface area contributed by atoms with Crippen LogP contribution in [0.5, 0.6) is 0 Å². The van der Waals surface area contributed by atoms with Gasteiger partial charge >= 0.3 is 0 Å². The lowest BCUT2D eigenvalue weighted by Crippen LogP contribution is -2.33. The number of rotatable bonds is 2. The molecule has 0 amide bonds. The minimum Gasteiger partial charge on any atom is -0.207 e. The van der Waals surface area contributed by atoms with E-state index in [-0.39, 0.29) is 11.2 Å². The Morgan fingerprint density at radius 3 is 2.55 bits per heavy atom. The van der Waals surface area contributed by atoms with Gasteiger partial charge in [-0.3, -0.25) is 0 Å². The van der Waals surface area contributed by atoms with E-state index in [1.807, 2.05) is 13.0 Å². The van der Waals surface area contributed by atoms with Crippen LogP contribution in [0.2, 0.25) is 0 Å². The third-order valence-electron chi connectivity index (χ3n) is 4.90. The molecule has 1 aliphatic rings. The fourth-order valence-electron chi connectivity index (χ4n) is 3.40. The Morgan fingerprint density at radius 1 is 1.25 bits per heavy atom. The molecule has 112 valence electrons. The Bertz CT molecular complexity index is 461. The molecule has 0 radical (unpaired) electrons. The third kappa shape index (κ3) is 3.75. The van der Waals surface area contributed by atoms with E-state index >= 15 is 0 Å². The van der Waals surface area contributed by atoms with Crippen molar-refractivity contribution in [1.29, 1.82) is 0 Å². The summed E-state index contributed by atoms with van der Waals surface area (Å²) in [6.07, 6.45) is 4.51. The monoisotopic (exact) mass is 296 g/mol. The number of aryl methyl sites for hydroxylation is 1. The van der Waals surface area contributed by atoms with Gasteiger partial charge in [0.15, 0.2) is 0 Å². The summed E-state index contributed by atoms with van der Waals surface area (Å²) in [5.41, 5.74) is 2.65. The second-order valence-corrected chi connectivity index (χ2v) is 7.99. The fraction of sp³-hybridized carbons (Fsp3) is 0.667. The van der Waals surface area contributed by atoms with Gasteiger partial charge in [0.2, 0.25) is 0 Å². The van der Waals surface area contributed by atoms with Gasteiger partial charge in [0, 0.05) is 5.38 Å². The van der Waals surface area contributed by atoms with Gasteiger partial charge in [0.1, 0.15) is 5.82 Å². The van der Waals surface area contributed by atoms with Crippen LogP contribution < -0.4 is 0 Å². The van der Waals surface area contributed by atoms with Gasteiger partial charge in [-0.25, -0.2) is 4.39 Å². The first-order chi connectivity index (χ1) is 9.27. The van der Waals surface area contributed by atoms with Crippen LogP contribution in [-0.4, -0.2) is 5.38 Å². The summed E-state index contributed by atoms with van der Waals surface area (Å²) in [7, 11) is 0. The number of benzene rings is 1. The van der Waals surface area contributed by atoms with E-state index in [1.54, 1.807) is 12.1 Å². The van der Waals surface area contributed by atoms with Crippen molar-refractivity contribution in [2.24, 2.45) is 17.3 Å². The average Bonchev–Trinajstić information content (AvgIpc) is 2.33. The van der Waals surface area contributed by atoms with Gasteiger partial charge < -0.3 is 0 Å². The summed E-state index contributed by atoms with van der Waals surface area (Å²) in [6, 6.07) is 5.12. The first kappa shape index (κ1) is 15.8. The normalized spacial score (nSPS) is 27.6. The molecule has 1 saturated carbocycles. The van der Waals surface area contributed by atoms with Gasteiger partial charge in [-0.2, -0.15) is 0 Å². The Morgan fingerprint density at radius 2 is 1.95 bits per heavy atom. The van der Waals surface area contributed by atoms with E-state index in [4.69, 9.17) is 11.6 Å². The number of hydrogen-bond donors (Lipinski definition) is 0. The molecular formula is C18H26ClF. The average molecular weight is 297 g/mol. The molecule has 20 heavy (non-hydrogen) atoms. The van der Waals surface area contributed by atoms with Gasteiger partial charge in [-0.1, -0.05) is 26.8 Å². The summed E-state index contributed by atoms with van der Waals surface area (Å²) in [6.45, 7) is 8.97. The van der Waals surface area contributed by atoms with Crippen LogP contribution in [0.1, 0.15) is 51.2 Å². The van der Waals surface area contributed by atoms with Crippen molar-refractivity contribution in [2.75, 3.05) is 0 Å². The highest BCUT2D eigenvalue weighted by atomic mass is 35.5. The van der Waals surface area contributed by atoms with Crippen molar-refractivity contribution in [1.82, 2.24) is 0 Å². The summed E-state index contributed by atoms with van der Waals surface area (Å²) in [4.78, 5) is 0. The maximum Gasteiger partial charge on any atom is 0.123 e. The van der Waals surface area contributed by atoms with Crippen LogP contribution in [0.3, 0.4) is 0 Å². The molecule has 0 aromatic heterocycles. The quantitative estimate of drug-likeness (QED) is 0.610. The molecule has 0 bridgehead atoms. The van der Waals surface area contributed by atoms with Gasteiger partial charge in [0.05, 0.1) is 0 Å². The highest BCUT2D eigenvalue weighted by Crippen LogP contribution is 2.43. The second-order valence-electron chi connectivity index (χ2n) is 7.43. The Kier molecular flexibility index (Phi) is 4.79. The third-order valence-corrected chi connectivity index (χ3v) is 5.48. The van der Waals surface area contributed by atoms with Crippen LogP contribution in [0.25, 0.3) is 0 Å². The largest absolute Gasteiger partial charge is 0.207 e. The van der Waals surface area contributed by atoms with Crippen molar-refractivity contribution in [2.45, 2.75) is 58.8 Å². The van der Waals surface area contributed by atoms with E-state index in [0.717, 1.165) is 24.3 Å². The van der Waals surface area contributed by atoms with Crippen LogP contribution in [0.4, 0.5) is 4.39 Å². The highest BCUT2D eigenvalue weighted by molar-refractivity contribution is 6.20. The molecule has 3 atom stereocenters. The predicted octanol–water partition coefficient (Wildman–Crippen LogP) is 5.75. The van der Waals surface area contributed by atoms with Crippen molar-refractivity contribution in [3.63, 3.8) is 0 Å². The van der Waals surface area contributed by atoms with E-state index < -0.39 is 0 Å². The maximum absolute atomic E-state index is 13.2. The number of alkyl halides is 1. The van der Waals surface area contributed by atoms with Crippen LogP contribution >= 0.6 is 11.6 Å². The van der Waals surface area contributed by atoms with Crippen molar-refractivity contribution >= 4 is 11.6 Å². The van der Waals surface area contributed by atoms with E-state index in [1.165, 1.54) is 18.4 Å². The lowest BCUT2D eigenvalue weighted by Gasteiger charge is -2.40. The Balaban J connectivity index is 2.10. The zero-order valence-corrected chi connectivity index (χ0v) is 13.8. The van der Waals surface area contributed by atoms with Crippen molar-refractivity contribution in [3.05, 3.63) is 35.1 Å². The van der Waals surface area contributed by atoms with Gasteiger partial charge in [0.25, 0.3) is 0 Å². The molecule has 0 spiro atoms. The van der Waals surface area contributed by atoms with Crippen molar-refractivity contribution < 1.29 is 4.39 Å². The molecule has 1 fully saturated rings. The molecule has 1 aromatic rings. The summed E-state index contributed by atoms with van der Waals surface area (Å²) in [5.74, 6) is 1.10. The molecule has 1 aromatic carbocycles. The van der Waals surface area contributed by atoms with E-state index in [2.05, 4.69) is 20.8 Å². The fourth-order valence-corrected chi connectivity index (χ4v) is 3.71. The molecule has 0 N–H and O–H groups in total. The van der Waals surface area contributed by atoms with E-state index in [0.29, 0.717) is 11.3 Å². The summed E-state index contributed by atoms with van der Waals surface area (Å²) in [5, 5.41) is 0.262. The molecule has 0 aliphatic heterocycles. The topological polar surface area (TPSA) is 0 Å². The van der Waals surface area contributed by atoms with Crippen LogP contribution in [0, 0.1) is 30.0 Å². The maximum atomic E-state index is 13.2. The second kappa shape index (κ2) is 6.05. The van der Waals surface area contributed by atoms with Gasteiger partial charge in [-0.05, 0) is 73.1 Å². The molecule has 0 heterocycles. The molecule has 2 heteroatoms. The first-order valence-corrected chi connectivity index (χ1v) is 8.10. The highest BCUT2D eigenvalue weighted by Gasteiger charge is 2.35. The number of halogens is 2. The molecule has 0 saturated heterocycles. The van der Waals surface area contributed by atoms with Crippen LogP contribution in [0.15, 0.2) is 18.2 Å². The zero-order valence-electron chi connectivity index (χ0n) is 13.0. The molecule has 3 unspecified atom stereocenters. The van der Waals surface area contributed by atoms with Crippen molar-refractivity contribution in [3.8, 4) is 0 Å². The van der Waals surface area contributed by atoms with E-state index in [9.17, 15) is 4.39 Å². The lowest BCUT2D eigenvalue weighted by molar-refractivity contribution is 0.144. The Labute approximate surface area is 127 Å². The standard InChI is InChI=1S/C18H26ClF/c1-12-9-16(20)7-5-13(12)10-14-11-15(18(2,3)4)6-8-17(14)19/h5,7,9,14-15,17H,6,8,10-11H2,1-4H3. The Hall–Kier alpha value is -0.560. The molecular weight excluding hydrogens is 271 g/mol. The summed E-state index contributed by atoms with van der Waals surface area (Å²) >= 11 is 6.56. The molecule has 0 nitrogen and oxygen atoms in total. The smallest absolute Gasteiger partial charge is 0.123 e. The minimum absolute atomic E-state index is 0.148. The molecule has 2 rings (SSSR count). The van der Waals surface area contributed by atoms with Crippen LogP contribution in [-0.2, 0) is 6.42 Å². The SMILES string of the molecule is Cc1cc(F)ccc1CC1CC(C(C)(C)C)CCC1Cl. The predicted molar refractivity (Wildman–Crippen MR) is 84.8 cm³/mol. The first-order valence-electron chi connectivity index (χ1n) is 7.66. The number of hydrogen-bond acceptors (Lipinski definition) is 0. The van der Waals surface area contributed by atoms with Gasteiger partial charge in [-0.15, -0.1) is 11.6 Å². The zero-order chi connectivity index (χ0) is 14.9.